The van der Waals surface area contributed by atoms with Gasteiger partial charge in [0.15, 0.2) is 5.82 Å². The molecule has 134 valence electrons. The van der Waals surface area contributed by atoms with Crippen LogP contribution in [0.1, 0.15) is 30.1 Å². The molecule has 4 aliphatic heterocycles. The predicted molar refractivity (Wildman–Crippen MR) is 96.3 cm³/mol. The van der Waals surface area contributed by atoms with Gasteiger partial charge in [0.1, 0.15) is 12.1 Å². The van der Waals surface area contributed by atoms with Gasteiger partial charge in [-0.15, -0.1) is 0 Å². The third kappa shape index (κ3) is 2.73. The molecule has 0 spiro atoms. The molecule has 1 aromatic rings. The lowest BCUT2D eigenvalue weighted by atomic mass is 9.86. The predicted octanol–water partition coefficient (Wildman–Crippen LogP) is 2.54. The third-order valence-corrected chi connectivity index (χ3v) is 5.54. The average molecular weight is 352 g/mol. The maximum absolute atomic E-state index is 13.4. The summed E-state index contributed by atoms with van der Waals surface area (Å²) >= 11 is 0. The van der Waals surface area contributed by atoms with E-state index in [-0.39, 0.29) is 11.9 Å². The molecule has 1 unspecified atom stereocenters. The van der Waals surface area contributed by atoms with Crippen molar-refractivity contribution in [3.63, 3.8) is 0 Å². The van der Waals surface area contributed by atoms with E-state index in [1.54, 1.807) is 18.5 Å². The van der Waals surface area contributed by atoms with Gasteiger partial charge in [-0.05, 0) is 55.6 Å². The monoisotopic (exact) mass is 352 g/mol. The molecule has 2 N–H and O–H groups in total. The molecule has 5 rings (SSSR count). The molecule has 0 radical (unpaired) electrons. The van der Waals surface area contributed by atoms with E-state index < -0.39 is 0 Å². The molecule has 4 heterocycles. The highest BCUT2D eigenvalue weighted by Gasteiger charge is 2.35. The van der Waals surface area contributed by atoms with Gasteiger partial charge in [0.2, 0.25) is 0 Å². The number of hydrogen-bond acceptors (Lipinski definition) is 5. The molecule has 0 amide bonds. The SMILES string of the molecule is Fc1cccc(CN2CCC(C3NNn4cnc5nccc-5c43)CC2)c1. The van der Waals surface area contributed by atoms with Crippen LogP contribution >= 0.6 is 0 Å². The van der Waals surface area contributed by atoms with E-state index in [0.29, 0.717) is 5.92 Å². The summed E-state index contributed by atoms with van der Waals surface area (Å²) < 4.78 is 15.3. The van der Waals surface area contributed by atoms with E-state index >= 15 is 0 Å². The van der Waals surface area contributed by atoms with Crippen molar-refractivity contribution in [1.82, 2.24) is 25.0 Å². The van der Waals surface area contributed by atoms with E-state index in [4.69, 9.17) is 0 Å². The van der Waals surface area contributed by atoms with Crippen LogP contribution < -0.4 is 11.0 Å². The lowest BCUT2D eigenvalue weighted by Crippen LogP contribution is -2.38. The molecule has 1 saturated heterocycles. The van der Waals surface area contributed by atoms with E-state index in [1.807, 2.05) is 23.0 Å². The Morgan fingerprint density at radius 1 is 1.15 bits per heavy atom. The number of piperidine rings is 1. The fourth-order valence-corrected chi connectivity index (χ4v) is 4.23. The first kappa shape index (κ1) is 15.7. The van der Waals surface area contributed by atoms with Crippen LogP contribution in [0.15, 0.2) is 42.9 Å². The molecule has 1 aromatic carbocycles. The first-order chi connectivity index (χ1) is 12.8. The number of hydrazine groups is 1. The first-order valence-corrected chi connectivity index (χ1v) is 9.08. The van der Waals surface area contributed by atoms with Gasteiger partial charge in [-0.2, -0.15) is 0 Å². The zero-order chi connectivity index (χ0) is 17.5. The molecule has 7 heteroatoms. The molecule has 6 nitrogen and oxygen atoms in total. The second-order valence-corrected chi connectivity index (χ2v) is 7.16. The summed E-state index contributed by atoms with van der Waals surface area (Å²) in [7, 11) is 0. The second-order valence-electron chi connectivity index (χ2n) is 7.16. The minimum absolute atomic E-state index is 0.159. The van der Waals surface area contributed by atoms with Crippen molar-refractivity contribution >= 4 is 0 Å². The Balaban J connectivity index is 1.28. The minimum Gasteiger partial charge on any atom is -0.299 e. The van der Waals surface area contributed by atoms with Crippen molar-refractivity contribution in [3.05, 3.63) is 59.9 Å². The van der Waals surface area contributed by atoms with Crippen LogP contribution in [0.3, 0.4) is 0 Å². The molecule has 1 fully saturated rings. The lowest BCUT2D eigenvalue weighted by Gasteiger charge is -2.34. The maximum atomic E-state index is 13.4. The largest absolute Gasteiger partial charge is 0.299 e. The van der Waals surface area contributed by atoms with Crippen LogP contribution in [0.5, 0.6) is 0 Å². The molecular formula is C19H21FN6. The highest BCUT2D eigenvalue weighted by atomic mass is 19.1. The summed E-state index contributed by atoms with van der Waals surface area (Å²) in [6.07, 6.45) is 5.81. The molecule has 1 atom stereocenters. The van der Waals surface area contributed by atoms with Crippen LogP contribution in [0, 0.1) is 11.7 Å². The van der Waals surface area contributed by atoms with Gasteiger partial charge in [-0.3, -0.25) is 10.4 Å². The van der Waals surface area contributed by atoms with E-state index in [1.165, 1.54) is 11.8 Å². The topological polar surface area (TPSA) is 58.0 Å². The Morgan fingerprint density at radius 3 is 2.88 bits per heavy atom. The van der Waals surface area contributed by atoms with E-state index in [9.17, 15) is 4.39 Å². The second kappa shape index (κ2) is 6.34. The zero-order valence-electron chi connectivity index (χ0n) is 14.4. The van der Waals surface area contributed by atoms with Crippen LogP contribution in [-0.4, -0.2) is 32.6 Å². The van der Waals surface area contributed by atoms with Crippen molar-refractivity contribution in [3.8, 4) is 11.4 Å². The van der Waals surface area contributed by atoms with Crippen molar-refractivity contribution in [2.75, 3.05) is 18.6 Å². The molecule has 0 aromatic heterocycles. The zero-order valence-corrected chi connectivity index (χ0v) is 14.4. The van der Waals surface area contributed by atoms with Crippen LogP contribution in [0.25, 0.3) is 11.4 Å². The highest BCUT2D eigenvalue weighted by Crippen LogP contribution is 2.37. The molecule has 0 saturated carbocycles. The third-order valence-electron chi connectivity index (χ3n) is 5.54. The fraction of sp³-hybridized carbons (Fsp3) is 0.368. The Hall–Kier alpha value is -2.51. The van der Waals surface area contributed by atoms with E-state index in [0.717, 1.165) is 49.4 Å². The number of likely N-dealkylation sites (tertiary alicyclic amines) is 1. The van der Waals surface area contributed by atoms with Gasteiger partial charge < -0.3 is 0 Å². The lowest BCUT2D eigenvalue weighted by molar-refractivity contribution is 0.157. The molecular weight excluding hydrogens is 331 g/mol. The van der Waals surface area contributed by atoms with Crippen LogP contribution in [-0.2, 0) is 6.54 Å². The molecule has 26 heavy (non-hydrogen) atoms. The van der Waals surface area contributed by atoms with Gasteiger partial charge in [-0.1, -0.05) is 12.1 Å². The Kier molecular flexibility index (Phi) is 3.83. The van der Waals surface area contributed by atoms with Crippen molar-refractivity contribution in [1.29, 1.82) is 0 Å². The van der Waals surface area contributed by atoms with Gasteiger partial charge >= 0.3 is 0 Å². The smallest absolute Gasteiger partial charge is 0.162 e. The highest BCUT2D eigenvalue weighted by molar-refractivity contribution is 5.61. The van der Waals surface area contributed by atoms with Gasteiger partial charge in [0, 0.05) is 18.3 Å². The molecule has 0 bridgehead atoms. The van der Waals surface area contributed by atoms with Gasteiger partial charge in [0.25, 0.3) is 0 Å². The number of rotatable bonds is 3. The van der Waals surface area contributed by atoms with Crippen LogP contribution in [0.4, 0.5) is 4.39 Å². The normalized spacial score (nSPS) is 21.0. The maximum Gasteiger partial charge on any atom is 0.162 e. The van der Waals surface area contributed by atoms with Gasteiger partial charge in [0.05, 0.1) is 11.7 Å². The quantitative estimate of drug-likeness (QED) is 0.759. The number of nitrogens with zero attached hydrogens (tertiary/aromatic N) is 4. The van der Waals surface area contributed by atoms with Crippen LogP contribution in [0.2, 0.25) is 0 Å². The minimum atomic E-state index is -0.159. The summed E-state index contributed by atoms with van der Waals surface area (Å²) in [5.41, 5.74) is 10.00. The summed E-state index contributed by atoms with van der Waals surface area (Å²) in [4.78, 5) is 11.1. The number of benzene rings is 1. The Bertz CT molecular complexity index is 885. The average Bonchev–Trinajstić information content (AvgIpc) is 3.28. The fourth-order valence-electron chi connectivity index (χ4n) is 4.23. The number of hydrogen-bond donors (Lipinski definition) is 2. The van der Waals surface area contributed by atoms with Crippen molar-refractivity contribution in [2.24, 2.45) is 5.92 Å². The van der Waals surface area contributed by atoms with Gasteiger partial charge in [-0.25, -0.2) is 24.5 Å². The Labute approximate surface area is 151 Å². The molecule has 4 aliphatic rings. The van der Waals surface area contributed by atoms with E-state index in [2.05, 4.69) is 25.8 Å². The number of fused-ring (bicyclic) bond motifs is 3. The van der Waals surface area contributed by atoms with Crippen molar-refractivity contribution in [2.45, 2.75) is 25.4 Å². The molecule has 0 aliphatic carbocycles. The first-order valence-electron chi connectivity index (χ1n) is 9.08. The summed E-state index contributed by atoms with van der Waals surface area (Å²) in [5.74, 6) is 1.18. The summed E-state index contributed by atoms with van der Waals surface area (Å²) in [6.45, 7) is 2.85. The number of halogens is 1. The summed E-state index contributed by atoms with van der Waals surface area (Å²) in [5, 5.41) is 0. The number of nitrogens with one attached hydrogen (secondary N) is 2. The summed E-state index contributed by atoms with van der Waals surface area (Å²) in [6, 6.07) is 9.20. The van der Waals surface area contributed by atoms with Crippen molar-refractivity contribution < 1.29 is 4.39 Å². The Morgan fingerprint density at radius 2 is 2.04 bits per heavy atom. The number of aromatic nitrogens is 3. The standard InChI is InChI=1S/C19H21FN6/c20-15-3-1-2-13(10-15)11-25-8-5-14(6-9-25)17-18-16-4-7-21-19(16)22-12-26(18)24-23-17/h1-4,7,10,12,14,17,23-24H,5-6,8-9,11H2.